The zero-order valence-corrected chi connectivity index (χ0v) is 30.5. The summed E-state index contributed by atoms with van der Waals surface area (Å²) in [6.45, 7) is 4.18. The Kier molecular flexibility index (Phi) is 11.4. The third-order valence-electron chi connectivity index (χ3n) is 7.34. The fourth-order valence-electron chi connectivity index (χ4n) is 5.22. The van der Waals surface area contributed by atoms with Gasteiger partial charge in [0.1, 0.15) is 31.6 Å². The van der Waals surface area contributed by atoms with Crippen LogP contribution in [-0.4, -0.2) is 41.0 Å². The lowest BCUT2D eigenvalue weighted by Gasteiger charge is -2.08. The molecule has 0 unspecified atom stereocenters. The van der Waals surface area contributed by atoms with Gasteiger partial charge in [0.25, 0.3) is 0 Å². The van der Waals surface area contributed by atoms with E-state index in [1.165, 1.54) is 11.1 Å². The summed E-state index contributed by atoms with van der Waals surface area (Å²) in [6, 6.07) is 32.4. The van der Waals surface area contributed by atoms with Crippen LogP contribution in [0.3, 0.4) is 0 Å². The number of nitrogens with zero attached hydrogens (tertiary/aromatic N) is 8. The number of tetrazole rings is 2. The van der Waals surface area contributed by atoms with Gasteiger partial charge >= 0.3 is 11.6 Å². The maximum absolute atomic E-state index is 4.47. The maximum Gasteiger partial charge on any atom is 0.337 e. The molecule has 0 aliphatic carbocycles. The third kappa shape index (κ3) is 7.06. The van der Waals surface area contributed by atoms with Crippen LogP contribution >= 0.6 is 22.7 Å². The molecule has 0 spiro atoms. The lowest BCUT2D eigenvalue weighted by molar-refractivity contribution is -0.649. The number of benzene rings is 4. The molecule has 14 heteroatoms. The number of rotatable bonds is 6. The van der Waals surface area contributed by atoms with Gasteiger partial charge in [0.05, 0.1) is 22.3 Å². The number of aromatic nitrogens is 10. The molecular weight excluding hydrogens is 772 g/mol. The molecule has 0 aliphatic rings. The van der Waals surface area contributed by atoms with E-state index in [9.17, 15) is 0 Å². The fourth-order valence-corrected chi connectivity index (χ4v) is 6.74. The van der Waals surface area contributed by atoms with Crippen LogP contribution in [0.1, 0.15) is 11.1 Å². The second kappa shape index (κ2) is 15.9. The molecule has 0 atom stereocenters. The van der Waals surface area contributed by atoms with Crippen molar-refractivity contribution in [1.29, 1.82) is 0 Å². The molecule has 0 amide bonds. The van der Waals surface area contributed by atoms with Crippen LogP contribution in [0.5, 0.6) is 0 Å². The van der Waals surface area contributed by atoms with Gasteiger partial charge in [-0.2, -0.15) is 0 Å². The summed E-state index contributed by atoms with van der Waals surface area (Å²) in [4.78, 5) is 8.94. The van der Waals surface area contributed by atoms with Crippen molar-refractivity contribution in [2.24, 2.45) is 0 Å². The standard InChI is InChI=1S/2C17H13N5S.2BrH/c2*1-12-6-5-9-14(15(12)17-18-10-11-23-17)22-16(19-20-21-22)13-7-3-2-4-8-13;;/h2*2-11H,1H3;2*1H. The van der Waals surface area contributed by atoms with Crippen molar-refractivity contribution in [3.05, 3.63) is 131 Å². The van der Waals surface area contributed by atoms with Gasteiger partial charge in [-0.25, -0.2) is 9.97 Å². The van der Waals surface area contributed by atoms with Gasteiger partial charge in [-0.1, -0.05) is 71.1 Å². The predicted molar refractivity (Wildman–Crippen MR) is 178 cm³/mol. The smallest absolute Gasteiger partial charge is 0.337 e. The van der Waals surface area contributed by atoms with Crippen LogP contribution in [0.2, 0.25) is 0 Å². The molecule has 48 heavy (non-hydrogen) atoms. The second-order valence-corrected chi connectivity index (χ2v) is 12.1. The molecule has 4 aromatic carbocycles. The summed E-state index contributed by atoms with van der Waals surface area (Å²) in [7, 11) is 0. The molecule has 8 aromatic rings. The topological polar surface area (TPSA) is 117 Å². The summed E-state index contributed by atoms with van der Waals surface area (Å²) < 4.78 is 3.80. The molecule has 0 bridgehead atoms. The molecule has 0 radical (unpaired) electrons. The van der Waals surface area contributed by atoms with E-state index < -0.39 is 0 Å². The maximum atomic E-state index is 4.47. The summed E-state index contributed by atoms with van der Waals surface area (Å²) in [5.41, 5.74) is 8.51. The molecule has 8 rings (SSSR count). The van der Waals surface area contributed by atoms with E-state index in [1.54, 1.807) is 22.7 Å². The highest BCUT2D eigenvalue weighted by Crippen LogP contribution is 2.31. The Morgan fingerprint density at radius 2 is 0.938 bits per heavy atom. The highest BCUT2D eigenvalue weighted by atomic mass is 79.9. The van der Waals surface area contributed by atoms with Gasteiger partial charge in [0.15, 0.2) is 10.4 Å². The number of hydrogen-bond donors (Lipinski definition) is 2. The van der Waals surface area contributed by atoms with Gasteiger partial charge in [-0.05, 0) is 61.4 Å². The number of nitrogens with one attached hydrogen (secondary N) is 2. The second-order valence-electron chi connectivity index (χ2n) is 10.3. The summed E-state index contributed by atoms with van der Waals surface area (Å²) in [5.74, 6) is 1.54. The van der Waals surface area contributed by atoms with Crippen LogP contribution in [0.4, 0.5) is 0 Å². The third-order valence-corrected chi connectivity index (χ3v) is 8.92. The lowest BCUT2D eigenvalue weighted by atomic mass is 10.1. The van der Waals surface area contributed by atoms with E-state index in [1.807, 2.05) is 105 Å². The number of aryl methyl sites for hydroxylation is 2. The normalized spacial score (nSPS) is 10.4. The minimum absolute atomic E-state index is 0. The van der Waals surface area contributed by atoms with E-state index in [4.69, 9.17) is 0 Å². The Morgan fingerprint density at radius 3 is 1.31 bits per heavy atom. The summed E-state index contributed by atoms with van der Waals surface area (Å²) >= 11 is 3.25. The van der Waals surface area contributed by atoms with Crippen molar-refractivity contribution in [2.45, 2.75) is 13.8 Å². The van der Waals surface area contributed by atoms with Gasteiger partial charge < -0.3 is 34.0 Å². The van der Waals surface area contributed by atoms with E-state index >= 15 is 0 Å². The first kappa shape index (κ1) is 34.6. The summed E-state index contributed by atoms with van der Waals surface area (Å²) in [5, 5.41) is 28.4. The molecule has 4 heterocycles. The Balaban J connectivity index is 0.000000180. The largest absolute Gasteiger partial charge is 1.00 e. The number of aromatic amines is 2. The van der Waals surface area contributed by atoms with Crippen LogP contribution in [0, 0.1) is 13.8 Å². The first-order valence-corrected chi connectivity index (χ1v) is 16.2. The quantitative estimate of drug-likeness (QED) is 0.235. The number of thiazole rings is 2. The van der Waals surface area contributed by atoms with Gasteiger partial charge in [0, 0.05) is 23.2 Å². The minimum Gasteiger partial charge on any atom is -1.00 e. The van der Waals surface area contributed by atoms with Crippen LogP contribution in [0.25, 0.3) is 55.3 Å². The molecule has 0 fully saturated rings. The van der Waals surface area contributed by atoms with E-state index in [0.717, 1.165) is 55.3 Å². The molecule has 0 aliphatic heterocycles. The molecule has 2 N–H and O–H groups in total. The zero-order valence-electron chi connectivity index (χ0n) is 25.7. The molecule has 0 saturated heterocycles. The SMILES string of the molecule is Cc1cccc(-[n+]2[nH]nnc2-c2ccccc2)c1-c1nccs1.Cc1cccc(-[n+]2[nH]nnc2-c2ccccc2)c1-c1nccs1.[Br-].[Br-]. The van der Waals surface area contributed by atoms with Crippen LogP contribution in [0.15, 0.2) is 120 Å². The van der Waals surface area contributed by atoms with Crippen LogP contribution in [-0.2, 0) is 0 Å². The lowest BCUT2D eigenvalue weighted by Crippen LogP contribution is -3.00. The Labute approximate surface area is 305 Å². The zero-order chi connectivity index (χ0) is 31.3. The molecular formula is C34H28Br2N10S2. The fraction of sp³-hybridized carbons (Fsp3) is 0.0588. The van der Waals surface area contributed by atoms with Crippen molar-refractivity contribution in [3.8, 4) is 55.3 Å². The predicted octanol–water partition coefficient (Wildman–Crippen LogP) is 0.369. The Hall–Kier alpha value is -4.76. The number of hydrogen-bond acceptors (Lipinski definition) is 8. The Morgan fingerprint density at radius 1 is 0.521 bits per heavy atom. The van der Waals surface area contributed by atoms with Crippen molar-refractivity contribution in [1.82, 2.24) is 41.0 Å². The molecule has 240 valence electrons. The van der Waals surface area contributed by atoms with Gasteiger partial charge in [-0.3, -0.25) is 0 Å². The molecule has 10 nitrogen and oxygen atoms in total. The minimum atomic E-state index is 0. The summed E-state index contributed by atoms with van der Waals surface area (Å²) in [6.07, 6.45) is 3.65. The van der Waals surface area contributed by atoms with Crippen molar-refractivity contribution in [3.63, 3.8) is 0 Å². The monoisotopic (exact) mass is 798 g/mol. The van der Waals surface area contributed by atoms with E-state index in [-0.39, 0.29) is 34.0 Å². The molecule has 4 aromatic heterocycles. The average Bonchev–Trinajstić information content (AvgIpc) is 3.93. The average molecular weight is 801 g/mol. The van der Waals surface area contributed by atoms with Gasteiger partial charge in [0.2, 0.25) is 0 Å². The van der Waals surface area contributed by atoms with E-state index in [0.29, 0.717) is 0 Å². The molecule has 0 saturated carbocycles. The number of halogens is 2. The first-order chi connectivity index (χ1) is 22.7. The van der Waals surface area contributed by atoms with Crippen molar-refractivity contribution >= 4 is 22.7 Å². The van der Waals surface area contributed by atoms with Crippen LogP contribution < -0.4 is 43.3 Å². The van der Waals surface area contributed by atoms with Gasteiger partial charge in [-0.15, -0.1) is 32.0 Å². The van der Waals surface area contributed by atoms with Crippen molar-refractivity contribution < 1.29 is 43.3 Å². The highest BCUT2D eigenvalue weighted by molar-refractivity contribution is 7.13. The number of H-pyrrole nitrogens is 2. The van der Waals surface area contributed by atoms with E-state index in [2.05, 4.69) is 79.1 Å². The highest BCUT2D eigenvalue weighted by Gasteiger charge is 2.24. The first-order valence-electron chi connectivity index (χ1n) is 14.5. The Bertz CT molecular complexity index is 2030. The van der Waals surface area contributed by atoms with Crippen molar-refractivity contribution in [2.75, 3.05) is 0 Å².